The summed E-state index contributed by atoms with van der Waals surface area (Å²) in [6.45, 7) is 3.66. The first-order valence-corrected chi connectivity index (χ1v) is 9.62. The molecule has 0 aliphatic heterocycles. The van der Waals surface area contributed by atoms with Crippen molar-refractivity contribution in [2.75, 3.05) is 0 Å². The van der Waals surface area contributed by atoms with Crippen LogP contribution in [0.3, 0.4) is 0 Å². The number of benzene rings is 2. The smallest absolute Gasteiger partial charge is 0.345 e. The minimum atomic E-state index is -0.886. The summed E-state index contributed by atoms with van der Waals surface area (Å²) in [6.07, 6.45) is 2.10. The van der Waals surface area contributed by atoms with Crippen LogP contribution in [0.5, 0.6) is 0 Å². The molecule has 2 heterocycles. The standard InChI is InChI=1S/C22H20N2O2S/c1-15-5-4-6-16(11-15)12-23-13-17-14-24(19-8-3-2-7-18(17)19)21-10-9-20(27-21)22(25)26/h2-11,14,23H,12-13H2,1H3,(H,25,26). The number of para-hydroxylation sites is 1. The number of aromatic nitrogens is 1. The van der Waals surface area contributed by atoms with Gasteiger partial charge in [0.2, 0.25) is 0 Å². The van der Waals surface area contributed by atoms with Gasteiger partial charge in [0.05, 0.1) is 5.52 Å². The average Bonchev–Trinajstić information content (AvgIpc) is 3.27. The number of carboxylic acids is 1. The van der Waals surface area contributed by atoms with E-state index in [1.807, 2.05) is 18.2 Å². The number of carboxylic acid groups (broad SMARTS) is 1. The third-order valence-corrected chi connectivity index (χ3v) is 5.63. The van der Waals surface area contributed by atoms with Crippen molar-refractivity contribution >= 4 is 28.2 Å². The minimum Gasteiger partial charge on any atom is -0.477 e. The molecule has 0 aliphatic rings. The van der Waals surface area contributed by atoms with Gasteiger partial charge in [0.25, 0.3) is 0 Å². The molecule has 0 saturated carbocycles. The van der Waals surface area contributed by atoms with Crippen molar-refractivity contribution in [1.29, 1.82) is 0 Å². The first-order valence-electron chi connectivity index (χ1n) is 8.80. The van der Waals surface area contributed by atoms with Crippen molar-refractivity contribution in [2.24, 2.45) is 0 Å². The second-order valence-electron chi connectivity index (χ2n) is 6.58. The molecule has 0 atom stereocenters. The van der Waals surface area contributed by atoms with Gasteiger partial charge in [-0.25, -0.2) is 4.79 Å². The molecule has 5 heteroatoms. The predicted molar refractivity (Wildman–Crippen MR) is 110 cm³/mol. The van der Waals surface area contributed by atoms with E-state index in [1.54, 1.807) is 6.07 Å². The molecule has 136 valence electrons. The summed E-state index contributed by atoms with van der Waals surface area (Å²) in [7, 11) is 0. The number of nitrogens with one attached hydrogen (secondary N) is 1. The Morgan fingerprint density at radius 3 is 2.70 bits per heavy atom. The lowest BCUT2D eigenvalue weighted by atomic mass is 10.1. The molecule has 2 aromatic heterocycles. The number of hydrogen-bond acceptors (Lipinski definition) is 3. The first kappa shape index (κ1) is 17.5. The van der Waals surface area contributed by atoms with Gasteiger partial charge in [-0.2, -0.15) is 0 Å². The van der Waals surface area contributed by atoms with E-state index in [0.29, 0.717) is 4.88 Å². The topological polar surface area (TPSA) is 54.3 Å². The number of aromatic carboxylic acids is 1. The Kier molecular flexibility index (Phi) is 4.79. The fraction of sp³-hybridized carbons (Fsp3) is 0.136. The average molecular weight is 376 g/mol. The molecule has 0 fully saturated rings. The van der Waals surface area contributed by atoms with Crippen LogP contribution in [0.15, 0.2) is 66.9 Å². The van der Waals surface area contributed by atoms with Crippen LogP contribution in [0.1, 0.15) is 26.4 Å². The highest BCUT2D eigenvalue weighted by Gasteiger charge is 2.13. The quantitative estimate of drug-likeness (QED) is 0.498. The maximum absolute atomic E-state index is 11.2. The third-order valence-electron chi connectivity index (χ3n) is 4.56. The van der Waals surface area contributed by atoms with E-state index >= 15 is 0 Å². The molecule has 4 aromatic rings. The fourth-order valence-corrected chi connectivity index (χ4v) is 4.14. The SMILES string of the molecule is Cc1cccc(CNCc2cn(-c3ccc(C(=O)O)s3)c3ccccc23)c1. The highest BCUT2D eigenvalue weighted by atomic mass is 32.1. The van der Waals surface area contributed by atoms with Gasteiger partial charge < -0.3 is 15.0 Å². The van der Waals surface area contributed by atoms with Crippen LogP contribution in [-0.4, -0.2) is 15.6 Å². The molecular formula is C22H20N2O2S. The van der Waals surface area contributed by atoms with Gasteiger partial charge >= 0.3 is 5.97 Å². The summed E-state index contributed by atoms with van der Waals surface area (Å²) < 4.78 is 2.08. The lowest BCUT2D eigenvalue weighted by Crippen LogP contribution is -2.12. The fourth-order valence-electron chi connectivity index (χ4n) is 3.31. The van der Waals surface area contributed by atoms with Gasteiger partial charge in [-0.05, 0) is 36.2 Å². The monoisotopic (exact) mass is 376 g/mol. The second kappa shape index (κ2) is 7.39. The Labute approximate surface area is 161 Å². The van der Waals surface area contributed by atoms with E-state index in [1.165, 1.54) is 33.4 Å². The number of carbonyl (C=O) groups is 1. The van der Waals surface area contributed by atoms with Crippen molar-refractivity contribution in [3.63, 3.8) is 0 Å². The largest absolute Gasteiger partial charge is 0.477 e. The number of thiophene rings is 1. The van der Waals surface area contributed by atoms with Crippen molar-refractivity contribution < 1.29 is 9.90 Å². The molecule has 0 saturated heterocycles. The van der Waals surface area contributed by atoms with Gasteiger partial charge in [0.1, 0.15) is 9.88 Å². The summed E-state index contributed by atoms with van der Waals surface area (Å²) in [5.74, 6) is -0.886. The molecule has 0 amide bonds. The van der Waals surface area contributed by atoms with Gasteiger partial charge in [0.15, 0.2) is 0 Å². The van der Waals surface area contributed by atoms with E-state index in [9.17, 15) is 9.90 Å². The van der Waals surface area contributed by atoms with E-state index in [4.69, 9.17) is 0 Å². The second-order valence-corrected chi connectivity index (χ2v) is 7.64. The Hall–Kier alpha value is -2.89. The summed E-state index contributed by atoms with van der Waals surface area (Å²) in [5, 5.41) is 14.8. The molecule has 0 bridgehead atoms. The maximum atomic E-state index is 11.2. The van der Waals surface area contributed by atoms with Crippen LogP contribution in [0.4, 0.5) is 0 Å². The highest BCUT2D eigenvalue weighted by Crippen LogP contribution is 2.29. The van der Waals surface area contributed by atoms with E-state index < -0.39 is 5.97 Å². The van der Waals surface area contributed by atoms with Crippen LogP contribution in [0.2, 0.25) is 0 Å². The zero-order valence-electron chi connectivity index (χ0n) is 15.0. The first-order chi connectivity index (χ1) is 13.1. The van der Waals surface area contributed by atoms with Crippen LogP contribution in [0, 0.1) is 6.92 Å². The molecule has 2 aromatic carbocycles. The lowest BCUT2D eigenvalue weighted by molar-refractivity contribution is 0.0702. The predicted octanol–water partition coefficient (Wildman–Crippen LogP) is 4.99. The number of nitrogens with zero attached hydrogens (tertiary/aromatic N) is 1. The van der Waals surface area contributed by atoms with Crippen molar-refractivity contribution in [1.82, 2.24) is 9.88 Å². The summed E-state index contributed by atoms with van der Waals surface area (Å²) >= 11 is 1.29. The molecular weight excluding hydrogens is 356 g/mol. The Morgan fingerprint density at radius 2 is 1.93 bits per heavy atom. The molecule has 4 nitrogen and oxygen atoms in total. The summed E-state index contributed by atoms with van der Waals surface area (Å²) in [5.41, 5.74) is 4.81. The Bertz CT molecular complexity index is 1110. The van der Waals surface area contributed by atoms with Crippen molar-refractivity contribution in [3.8, 4) is 5.00 Å². The molecule has 0 aliphatic carbocycles. The Morgan fingerprint density at radius 1 is 1.07 bits per heavy atom. The zero-order valence-corrected chi connectivity index (χ0v) is 15.8. The molecule has 0 radical (unpaired) electrons. The zero-order chi connectivity index (χ0) is 18.8. The van der Waals surface area contributed by atoms with Crippen LogP contribution in [-0.2, 0) is 13.1 Å². The van der Waals surface area contributed by atoms with Crippen molar-refractivity contribution in [2.45, 2.75) is 20.0 Å². The van der Waals surface area contributed by atoms with E-state index in [-0.39, 0.29) is 0 Å². The number of rotatable bonds is 6. The molecule has 2 N–H and O–H groups in total. The van der Waals surface area contributed by atoms with Crippen molar-refractivity contribution in [3.05, 3.63) is 88.4 Å². The van der Waals surface area contributed by atoms with Gasteiger partial charge in [-0.3, -0.25) is 0 Å². The van der Waals surface area contributed by atoms with Crippen LogP contribution >= 0.6 is 11.3 Å². The van der Waals surface area contributed by atoms with Gasteiger partial charge in [0, 0.05) is 24.7 Å². The molecule has 0 unspecified atom stereocenters. The third kappa shape index (κ3) is 3.65. The number of aryl methyl sites for hydroxylation is 1. The lowest BCUT2D eigenvalue weighted by Gasteiger charge is -2.05. The van der Waals surface area contributed by atoms with Gasteiger partial charge in [-0.1, -0.05) is 48.0 Å². The summed E-state index contributed by atoms with van der Waals surface area (Å²) in [6, 6.07) is 20.2. The minimum absolute atomic E-state index is 0.349. The van der Waals surface area contributed by atoms with E-state index in [2.05, 4.69) is 59.4 Å². The maximum Gasteiger partial charge on any atom is 0.345 e. The van der Waals surface area contributed by atoms with Crippen LogP contribution in [0.25, 0.3) is 15.9 Å². The van der Waals surface area contributed by atoms with Gasteiger partial charge in [-0.15, -0.1) is 11.3 Å². The highest BCUT2D eigenvalue weighted by molar-refractivity contribution is 7.16. The normalized spacial score (nSPS) is 11.1. The summed E-state index contributed by atoms with van der Waals surface area (Å²) in [4.78, 5) is 11.6. The number of hydrogen-bond donors (Lipinski definition) is 2. The molecule has 0 spiro atoms. The number of fused-ring (bicyclic) bond motifs is 1. The Balaban J connectivity index is 1.60. The van der Waals surface area contributed by atoms with Crippen LogP contribution < -0.4 is 5.32 Å². The molecule has 4 rings (SSSR count). The van der Waals surface area contributed by atoms with E-state index in [0.717, 1.165) is 23.6 Å². The molecule has 27 heavy (non-hydrogen) atoms.